The Morgan fingerprint density at radius 1 is 1.22 bits per heavy atom. The molecule has 0 fully saturated rings. The van der Waals surface area contributed by atoms with Gasteiger partial charge in [0.1, 0.15) is 0 Å². The third-order valence-corrected chi connectivity index (χ3v) is 2.98. The van der Waals surface area contributed by atoms with Crippen molar-refractivity contribution < 1.29 is 9.59 Å². The van der Waals surface area contributed by atoms with Crippen LogP contribution in [0.2, 0.25) is 0 Å². The van der Waals surface area contributed by atoms with Crippen LogP contribution in [0.5, 0.6) is 0 Å². The van der Waals surface area contributed by atoms with E-state index in [0.717, 1.165) is 17.7 Å². The first-order chi connectivity index (χ1) is 8.54. The van der Waals surface area contributed by atoms with Crippen LogP contribution in [0.25, 0.3) is 5.69 Å². The van der Waals surface area contributed by atoms with E-state index in [2.05, 4.69) is 5.10 Å². The summed E-state index contributed by atoms with van der Waals surface area (Å²) in [6.07, 6.45) is 0.818. The van der Waals surface area contributed by atoms with Crippen LogP contribution in [-0.2, 0) is 0 Å². The fourth-order valence-electron chi connectivity index (χ4n) is 1.91. The molecule has 0 bridgehead atoms. The second kappa shape index (κ2) is 4.56. The first-order valence-corrected chi connectivity index (χ1v) is 5.67. The molecule has 0 amide bonds. The molecule has 0 saturated heterocycles. The Labute approximate surface area is 105 Å². The number of nitrogens with zero attached hydrogens (tertiary/aromatic N) is 2. The van der Waals surface area contributed by atoms with E-state index in [4.69, 9.17) is 0 Å². The maximum absolute atomic E-state index is 11.2. The summed E-state index contributed by atoms with van der Waals surface area (Å²) in [5.74, 6) is 0.0310. The van der Waals surface area contributed by atoms with Crippen LogP contribution in [0.1, 0.15) is 39.0 Å². The van der Waals surface area contributed by atoms with Crippen LogP contribution in [-0.4, -0.2) is 21.8 Å². The molecular weight excluding hydrogens is 228 g/mol. The van der Waals surface area contributed by atoms with Crippen molar-refractivity contribution >= 4 is 12.1 Å². The summed E-state index contributed by atoms with van der Waals surface area (Å²) in [7, 11) is 0. The highest BCUT2D eigenvalue weighted by Crippen LogP contribution is 2.17. The van der Waals surface area contributed by atoms with Gasteiger partial charge in [0.25, 0.3) is 0 Å². The summed E-state index contributed by atoms with van der Waals surface area (Å²) >= 11 is 0. The van der Waals surface area contributed by atoms with Gasteiger partial charge in [-0.25, -0.2) is 4.68 Å². The van der Waals surface area contributed by atoms with E-state index in [-0.39, 0.29) is 5.78 Å². The van der Waals surface area contributed by atoms with Crippen molar-refractivity contribution in [1.82, 2.24) is 9.78 Å². The number of benzene rings is 1. The number of hydrogen-bond acceptors (Lipinski definition) is 3. The molecule has 2 rings (SSSR count). The van der Waals surface area contributed by atoms with Crippen LogP contribution in [0, 0.1) is 13.8 Å². The predicted octanol–water partition coefficient (Wildman–Crippen LogP) is 2.50. The Bertz CT molecular complexity index is 609. The van der Waals surface area contributed by atoms with Crippen LogP contribution in [0.3, 0.4) is 0 Å². The summed E-state index contributed by atoms with van der Waals surface area (Å²) in [6.45, 7) is 5.18. The number of aryl methyl sites for hydroxylation is 1. The Balaban J connectivity index is 2.49. The van der Waals surface area contributed by atoms with Gasteiger partial charge in [0.2, 0.25) is 0 Å². The zero-order valence-electron chi connectivity index (χ0n) is 10.6. The number of aldehydes is 1. The number of ketones is 1. The first-order valence-electron chi connectivity index (χ1n) is 5.67. The van der Waals surface area contributed by atoms with Crippen molar-refractivity contribution in [2.45, 2.75) is 20.8 Å². The second-order valence-corrected chi connectivity index (χ2v) is 4.22. The Hall–Kier alpha value is -2.23. The molecule has 0 radical (unpaired) electrons. The number of hydrogen-bond donors (Lipinski definition) is 0. The SMILES string of the molecule is CC(=O)c1ccc(-n2nc(C)c(C=O)c2C)cc1. The van der Waals surface area contributed by atoms with Gasteiger partial charge in [-0.3, -0.25) is 9.59 Å². The van der Waals surface area contributed by atoms with Crippen molar-refractivity contribution in [3.8, 4) is 5.69 Å². The minimum Gasteiger partial charge on any atom is -0.298 e. The highest BCUT2D eigenvalue weighted by atomic mass is 16.1. The van der Waals surface area contributed by atoms with Crippen molar-refractivity contribution in [2.24, 2.45) is 0 Å². The monoisotopic (exact) mass is 242 g/mol. The van der Waals surface area contributed by atoms with Gasteiger partial charge in [0.05, 0.1) is 22.6 Å². The quantitative estimate of drug-likeness (QED) is 0.613. The maximum Gasteiger partial charge on any atom is 0.159 e. The summed E-state index contributed by atoms with van der Waals surface area (Å²) in [5, 5.41) is 4.33. The largest absolute Gasteiger partial charge is 0.298 e. The van der Waals surface area contributed by atoms with Gasteiger partial charge in [0, 0.05) is 5.56 Å². The number of carbonyl (C=O) groups is 2. The van der Waals surface area contributed by atoms with Gasteiger partial charge in [0.15, 0.2) is 12.1 Å². The zero-order chi connectivity index (χ0) is 13.3. The van der Waals surface area contributed by atoms with Crippen molar-refractivity contribution in [2.75, 3.05) is 0 Å². The lowest BCUT2D eigenvalue weighted by atomic mass is 10.1. The van der Waals surface area contributed by atoms with Gasteiger partial charge < -0.3 is 0 Å². The molecule has 0 aliphatic rings. The number of carbonyl (C=O) groups excluding carboxylic acids is 2. The highest BCUT2D eigenvalue weighted by Gasteiger charge is 2.11. The standard InChI is InChI=1S/C14H14N2O2/c1-9-14(8-17)10(2)16(15-9)13-6-4-12(5-7-13)11(3)18/h4-8H,1-3H3. The molecule has 18 heavy (non-hydrogen) atoms. The third-order valence-electron chi connectivity index (χ3n) is 2.98. The van der Waals surface area contributed by atoms with E-state index in [1.165, 1.54) is 6.92 Å². The molecular formula is C14H14N2O2. The minimum atomic E-state index is 0.0310. The molecule has 1 heterocycles. The lowest BCUT2D eigenvalue weighted by Gasteiger charge is -2.05. The summed E-state index contributed by atoms with van der Waals surface area (Å²) in [6, 6.07) is 7.17. The smallest absolute Gasteiger partial charge is 0.159 e. The molecule has 4 nitrogen and oxygen atoms in total. The molecule has 2 aromatic rings. The average molecular weight is 242 g/mol. The highest BCUT2D eigenvalue weighted by molar-refractivity contribution is 5.94. The molecule has 0 atom stereocenters. The molecule has 1 aromatic carbocycles. The molecule has 0 saturated carbocycles. The van der Waals surface area contributed by atoms with Gasteiger partial charge in [-0.15, -0.1) is 0 Å². The van der Waals surface area contributed by atoms with Crippen LogP contribution in [0.4, 0.5) is 0 Å². The molecule has 0 aliphatic heterocycles. The molecule has 92 valence electrons. The fraction of sp³-hybridized carbons (Fsp3) is 0.214. The zero-order valence-corrected chi connectivity index (χ0v) is 10.6. The maximum atomic E-state index is 11.2. The fourth-order valence-corrected chi connectivity index (χ4v) is 1.91. The van der Waals surface area contributed by atoms with Crippen LogP contribution < -0.4 is 0 Å². The van der Waals surface area contributed by atoms with E-state index in [1.807, 2.05) is 19.1 Å². The molecule has 0 unspecified atom stereocenters. The lowest BCUT2D eigenvalue weighted by molar-refractivity contribution is 0.101. The first kappa shape index (κ1) is 12.2. The Morgan fingerprint density at radius 2 is 1.83 bits per heavy atom. The lowest BCUT2D eigenvalue weighted by Crippen LogP contribution is -2.00. The summed E-state index contributed by atoms with van der Waals surface area (Å²) in [5.41, 5.74) is 3.63. The molecule has 1 aromatic heterocycles. The Morgan fingerprint density at radius 3 is 2.28 bits per heavy atom. The van der Waals surface area contributed by atoms with Gasteiger partial charge in [-0.2, -0.15) is 5.10 Å². The minimum absolute atomic E-state index is 0.0310. The summed E-state index contributed by atoms with van der Waals surface area (Å²) in [4.78, 5) is 22.1. The van der Waals surface area contributed by atoms with E-state index in [1.54, 1.807) is 23.7 Å². The van der Waals surface area contributed by atoms with Gasteiger partial charge in [-0.1, -0.05) is 0 Å². The molecule has 0 spiro atoms. The van der Waals surface area contributed by atoms with Crippen molar-refractivity contribution in [3.05, 3.63) is 46.8 Å². The predicted molar refractivity (Wildman–Crippen MR) is 68.4 cm³/mol. The molecule has 0 aliphatic carbocycles. The topological polar surface area (TPSA) is 52.0 Å². The average Bonchev–Trinajstić information content (AvgIpc) is 2.64. The Kier molecular flexibility index (Phi) is 3.10. The summed E-state index contributed by atoms with van der Waals surface area (Å²) < 4.78 is 1.71. The van der Waals surface area contributed by atoms with Crippen molar-refractivity contribution in [1.29, 1.82) is 0 Å². The van der Waals surface area contributed by atoms with Gasteiger partial charge in [-0.05, 0) is 45.0 Å². The van der Waals surface area contributed by atoms with E-state index in [9.17, 15) is 9.59 Å². The normalized spacial score (nSPS) is 10.4. The molecule has 0 N–H and O–H groups in total. The number of aromatic nitrogens is 2. The van der Waals surface area contributed by atoms with E-state index in [0.29, 0.717) is 16.8 Å². The number of rotatable bonds is 3. The van der Waals surface area contributed by atoms with Gasteiger partial charge >= 0.3 is 0 Å². The van der Waals surface area contributed by atoms with E-state index >= 15 is 0 Å². The van der Waals surface area contributed by atoms with Crippen molar-refractivity contribution in [3.63, 3.8) is 0 Å². The van der Waals surface area contributed by atoms with E-state index < -0.39 is 0 Å². The molecule has 4 heteroatoms. The van der Waals surface area contributed by atoms with Crippen LogP contribution in [0.15, 0.2) is 24.3 Å². The van der Waals surface area contributed by atoms with Crippen LogP contribution >= 0.6 is 0 Å². The second-order valence-electron chi connectivity index (χ2n) is 4.22. The third kappa shape index (κ3) is 1.97. The number of Topliss-reactive ketones (excluding diaryl/α,β-unsaturated/α-hetero) is 1.